The highest BCUT2D eigenvalue weighted by Crippen LogP contribution is 1.89. The Bertz CT molecular complexity index is 479. The minimum atomic E-state index is -0.479. The topological polar surface area (TPSA) is 91.1 Å². The number of rotatable bonds is 5. The first-order valence-corrected chi connectivity index (χ1v) is 5.73. The monoisotopic (exact) mass is 251 g/mol. The fraction of sp³-hybridized carbons (Fsp3) is 0.417. The molecule has 0 saturated heterocycles. The van der Waals surface area contributed by atoms with Crippen LogP contribution in [0.1, 0.15) is 24.3 Å². The van der Waals surface area contributed by atoms with E-state index in [1.54, 1.807) is 0 Å². The number of hydrogen-bond acceptors (Lipinski definition) is 3. The van der Waals surface area contributed by atoms with Crippen molar-refractivity contribution in [3.05, 3.63) is 34.2 Å². The Morgan fingerprint density at radius 2 is 2.00 bits per heavy atom. The first-order valence-electron chi connectivity index (χ1n) is 5.73. The third kappa shape index (κ3) is 4.82. The summed E-state index contributed by atoms with van der Waals surface area (Å²) in [6.45, 7) is 4.42. The van der Waals surface area contributed by atoms with Crippen LogP contribution in [0.3, 0.4) is 0 Å². The zero-order valence-corrected chi connectivity index (χ0v) is 10.4. The summed E-state index contributed by atoms with van der Waals surface area (Å²) in [6, 6.07) is 4.27. The molecular formula is C12H17N3O3. The van der Waals surface area contributed by atoms with Gasteiger partial charge in [-0.2, -0.15) is 0 Å². The lowest BCUT2D eigenvalue weighted by Crippen LogP contribution is -2.38. The summed E-state index contributed by atoms with van der Waals surface area (Å²) in [5.41, 5.74) is -0.217. The van der Waals surface area contributed by atoms with Crippen molar-refractivity contribution in [3.63, 3.8) is 0 Å². The summed E-state index contributed by atoms with van der Waals surface area (Å²) in [5, 5.41) is 5.10. The lowest BCUT2D eigenvalue weighted by Gasteiger charge is -2.08. The van der Waals surface area contributed by atoms with Crippen molar-refractivity contribution in [1.82, 2.24) is 15.6 Å². The third-order valence-electron chi connectivity index (χ3n) is 2.13. The van der Waals surface area contributed by atoms with Gasteiger partial charge in [0.1, 0.15) is 5.69 Å². The fourth-order valence-corrected chi connectivity index (χ4v) is 1.22. The number of aromatic amines is 1. The molecule has 0 aliphatic rings. The summed E-state index contributed by atoms with van der Waals surface area (Å²) < 4.78 is 0. The van der Waals surface area contributed by atoms with Crippen molar-refractivity contribution in [1.29, 1.82) is 0 Å². The molecule has 0 spiro atoms. The molecule has 0 atom stereocenters. The first-order chi connectivity index (χ1) is 8.49. The highest BCUT2D eigenvalue weighted by Gasteiger charge is 2.08. The predicted molar refractivity (Wildman–Crippen MR) is 67.2 cm³/mol. The van der Waals surface area contributed by atoms with Crippen LogP contribution in [0.4, 0.5) is 0 Å². The highest BCUT2D eigenvalue weighted by atomic mass is 16.2. The predicted octanol–water partition coefficient (Wildman–Crippen LogP) is -0.123. The quantitative estimate of drug-likeness (QED) is 0.681. The van der Waals surface area contributed by atoms with Crippen LogP contribution in [-0.4, -0.2) is 29.9 Å². The molecule has 0 aliphatic heterocycles. The molecule has 0 saturated carbocycles. The number of carbonyl (C=O) groups is 2. The second-order valence-corrected chi connectivity index (χ2v) is 4.31. The molecule has 6 nitrogen and oxygen atoms in total. The van der Waals surface area contributed by atoms with Gasteiger partial charge in [-0.1, -0.05) is 19.9 Å². The zero-order chi connectivity index (χ0) is 13.5. The molecule has 0 radical (unpaired) electrons. The second kappa shape index (κ2) is 6.58. The molecule has 0 bridgehead atoms. The van der Waals surface area contributed by atoms with Gasteiger partial charge in [0.05, 0.1) is 6.54 Å². The molecule has 0 aliphatic carbocycles. The molecule has 2 amide bonds. The van der Waals surface area contributed by atoms with E-state index in [4.69, 9.17) is 0 Å². The van der Waals surface area contributed by atoms with E-state index in [-0.39, 0.29) is 23.7 Å². The number of hydrogen-bond donors (Lipinski definition) is 3. The number of amides is 2. The molecule has 0 fully saturated rings. The molecular weight excluding hydrogens is 234 g/mol. The number of carbonyl (C=O) groups excluding carboxylic acids is 2. The average molecular weight is 251 g/mol. The summed E-state index contributed by atoms with van der Waals surface area (Å²) in [5.74, 6) is -0.377. The molecule has 1 aromatic rings. The van der Waals surface area contributed by atoms with E-state index < -0.39 is 5.91 Å². The summed E-state index contributed by atoms with van der Waals surface area (Å²) in [6.07, 6.45) is 0. The maximum Gasteiger partial charge on any atom is 0.268 e. The van der Waals surface area contributed by atoms with Crippen molar-refractivity contribution < 1.29 is 9.59 Å². The van der Waals surface area contributed by atoms with Gasteiger partial charge in [0, 0.05) is 12.6 Å². The van der Waals surface area contributed by atoms with Gasteiger partial charge in [-0.3, -0.25) is 14.4 Å². The Balaban J connectivity index is 2.42. The zero-order valence-electron chi connectivity index (χ0n) is 10.4. The van der Waals surface area contributed by atoms with E-state index in [0.29, 0.717) is 12.5 Å². The van der Waals surface area contributed by atoms with Crippen LogP contribution in [-0.2, 0) is 4.79 Å². The van der Waals surface area contributed by atoms with Gasteiger partial charge in [-0.05, 0) is 12.0 Å². The van der Waals surface area contributed by atoms with Crippen molar-refractivity contribution >= 4 is 11.8 Å². The molecule has 0 aromatic carbocycles. The van der Waals surface area contributed by atoms with E-state index in [1.165, 1.54) is 18.2 Å². The molecule has 1 aromatic heterocycles. The fourth-order valence-electron chi connectivity index (χ4n) is 1.22. The van der Waals surface area contributed by atoms with Crippen LogP contribution in [0.5, 0.6) is 0 Å². The number of pyridine rings is 1. The van der Waals surface area contributed by atoms with Gasteiger partial charge in [-0.15, -0.1) is 0 Å². The molecule has 3 N–H and O–H groups in total. The lowest BCUT2D eigenvalue weighted by atomic mass is 10.2. The summed E-state index contributed by atoms with van der Waals surface area (Å²) in [4.78, 5) is 36.3. The molecule has 0 unspecified atom stereocenters. The SMILES string of the molecule is CC(C)CNC(=O)CNC(=O)c1cccc(=O)[nH]1. The van der Waals surface area contributed by atoms with Crippen LogP contribution in [0, 0.1) is 5.92 Å². The minimum Gasteiger partial charge on any atom is -0.354 e. The van der Waals surface area contributed by atoms with Crippen molar-refractivity contribution in [2.75, 3.05) is 13.1 Å². The number of aromatic nitrogens is 1. The van der Waals surface area contributed by atoms with Gasteiger partial charge in [-0.25, -0.2) is 0 Å². The normalized spacial score (nSPS) is 10.2. The Labute approximate surface area is 105 Å². The van der Waals surface area contributed by atoms with Crippen LogP contribution < -0.4 is 16.2 Å². The summed E-state index contributed by atoms with van der Waals surface area (Å²) >= 11 is 0. The Kier molecular flexibility index (Phi) is 5.10. The van der Waals surface area contributed by atoms with Gasteiger partial charge < -0.3 is 15.6 Å². The molecule has 1 rings (SSSR count). The van der Waals surface area contributed by atoms with Crippen LogP contribution in [0.2, 0.25) is 0 Å². The smallest absolute Gasteiger partial charge is 0.268 e. The standard InChI is InChI=1S/C12H17N3O3/c1-8(2)6-13-11(17)7-14-12(18)9-4-3-5-10(16)15-9/h3-5,8H,6-7H2,1-2H3,(H,13,17)(H,14,18)(H,15,16). The van der Waals surface area contributed by atoms with E-state index in [0.717, 1.165) is 0 Å². The molecule has 1 heterocycles. The van der Waals surface area contributed by atoms with E-state index in [9.17, 15) is 14.4 Å². The Morgan fingerprint density at radius 1 is 1.28 bits per heavy atom. The van der Waals surface area contributed by atoms with Gasteiger partial charge in [0.2, 0.25) is 11.5 Å². The third-order valence-corrected chi connectivity index (χ3v) is 2.13. The highest BCUT2D eigenvalue weighted by molar-refractivity contribution is 5.94. The molecule has 18 heavy (non-hydrogen) atoms. The van der Waals surface area contributed by atoms with Crippen LogP contribution in [0.25, 0.3) is 0 Å². The molecule has 6 heteroatoms. The van der Waals surface area contributed by atoms with Crippen molar-refractivity contribution in [2.24, 2.45) is 5.92 Å². The number of nitrogens with one attached hydrogen (secondary N) is 3. The van der Waals surface area contributed by atoms with Crippen molar-refractivity contribution in [2.45, 2.75) is 13.8 Å². The maximum absolute atomic E-state index is 11.6. The van der Waals surface area contributed by atoms with Crippen LogP contribution >= 0.6 is 0 Å². The maximum atomic E-state index is 11.6. The lowest BCUT2D eigenvalue weighted by molar-refractivity contribution is -0.120. The molecule has 98 valence electrons. The summed E-state index contributed by atoms with van der Waals surface area (Å²) in [7, 11) is 0. The van der Waals surface area contributed by atoms with E-state index in [2.05, 4.69) is 15.6 Å². The van der Waals surface area contributed by atoms with E-state index in [1.807, 2.05) is 13.8 Å². The Hall–Kier alpha value is -2.11. The van der Waals surface area contributed by atoms with Gasteiger partial charge >= 0.3 is 0 Å². The number of H-pyrrole nitrogens is 1. The van der Waals surface area contributed by atoms with Crippen LogP contribution in [0.15, 0.2) is 23.0 Å². The van der Waals surface area contributed by atoms with Crippen molar-refractivity contribution in [3.8, 4) is 0 Å². The minimum absolute atomic E-state index is 0.109. The average Bonchev–Trinajstić information content (AvgIpc) is 2.33. The van der Waals surface area contributed by atoms with Gasteiger partial charge in [0.15, 0.2) is 0 Å². The van der Waals surface area contributed by atoms with E-state index >= 15 is 0 Å². The Morgan fingerprint density at radius 3 is 2.61 bits per heavy atom. The van der Waals surface area contributed by atoms with Gasteiger partial charge in [0.25, 0.3) is 5.91 Å². The largest absolute Gasteiger partial charge is 0.354 e. The first kappa shape index (κ1) is 14.0. The second-order valence-electron chi connectivity index (χ2n) is 4.31.